The molecule has 0 unspecified atom stereocenters. The van der Waals surface area contributed by atoms with Crippen LogP contribution < -0.4 is 10.6 Å². The Labute approximate surface area is 99.4 Å². The van der Waals surface area contributed by atoms with E-state index in [4.69, 9.17) is 0 Å². The summed E-state index contributed by atoms with van der Waals surface area (Å²) in [5, 5.41) is 6.07. The first-order valence-electron chi connectivity index (χ1n) is 5.99. The van der Waals surface area contributed by atoms with E-state index >= 15 is 0 Å². The number of benzene rings is 1. The minimum absolute atomic E-state index is 0.0458. The fraction of sp³-hybridized carbons (Fsp3) is 0.462. The Hall–Kier alpha value is -1.42. The second-order valence-electron chi connectivity index (χ2n) is 4.91. The highest BCUT2D eigenvalue weighted by Gasteiger charge is 2.48. The van der Waals surface area contributed by atoms with E-state index in [1.807, 2.05) is 6.07 Å². The molecule has 0 aromatic heterocycles. The summed E-state index contributed by atoms with van der Waals surface area (Å²) >= 11 is 0. The van der Waals surface area contributed by atoms with Crippen molar-refractivity contribution in [1.82, 2.24) is 10.6 Å². The lowest BCUT2D eigenvalue weighted by atomic mass is 9.99. The molecule has 0 radical (unpaired) electrons. The summed E-state index contributed by atoms with van der Waals surface area (Å²) in [4.78, 5) is 11.9. The Kier molecular flexibility index (Phi) is 2.40. The van der Waals surface area contributed by atoms with E-state index < -0.39 is 5.54 Å². The smallest absolute Gasteiger partial charge is 0.226 e. The van der Waals surface area contributed by atoms with Crippen molar-refractivity contribution < 1.29 is 9.18 Å². The number of amides is 1. The van der Waals surface area contributed by atoms with Crippen LogP contribution in [0.3, 0.4) is 0 Å². The van der Waals surface area contributed by atoms with Crippen molar-refractivity contribution in [3.8, 4) is 0 Å². The van der Waals surface area contributed by atoms with Crippen molar-refractivity contribution in [3.05, 3.63) is 35.6 Å². The van der Waals surface area contributed by atoms with Gasteiger partial charge in [-0.05, 0) is 18.9 Å². The summed E-state index contributed by atoms with van der Waals surface area (Å²) in [6, 6.07) is 6.70. The summed E-state index contributed by atoms with van der Waals surface area (Å²) < 4.78 is 13.7. The van der Waals surface area contributed by atoms with Gasteiger partial charge in [0.05, 0.1) is 11.5 Å². The number of nitrogens with one attached hydrogen (secondary N) is 2. The summed E-state index contributed by atoms with van der Waals surface area (Å²) in [6.45, 7) is 1.47. The highest BCUT2D eigenvalue weighted by molar-refractivity contribution is 5.81. The Bertz CT molecular complexity index is 452. The molecule has 2 N–H and O–H groups in total. The van der Waals surface area contributed by atoms with Crippen molar-refractivity contribution in [1.29, 1.82) is 0 Å². The number of carbonyl (C=O) groups is 1. The third kappa shape index (κ3) is 1.82. The van der Waals surface area contributed by atoms with Crippen molar-refractivity contribution in [2.75, 3.05) is 13.1 Å². The van der Waals surface area contributed by atoms with E-state index in [9.17, 15) is 9.18 Å². The molecule has 1 heterocycles. The molecule has 1 aliphatic heterocycles. The first-order chi connectivity index (χ1) is 8.21. The van der Waals surface area contributed by atoms with Crippen LogP contribution in [0.4, 0.5) is 4.39 Å². The van der Waals surface area contributed by atoms with Gasteiger partial charge in [-0.2, -0.15) is 0 Å². The molecule has 2 aliphatic rings. The average Bonchev–Trinajstić information content (AvgIpc) is 2.96. The molecule has 4 heteroatoms. The van der Waals surface area contributed by atoms with Gasteiger partial charge in [0.15, 0.2) is 0 Å². The molecule has 1 aliphatic carbocycles. The number of rotatable bonds is 3. The number of carbonyl (C=O) groups excluding carboxylic acids is 1. The SMILES string of the molecule is O=C(NC1(c2ccccc2F)CC1)C1CNC1. The molecule has 2 fully saturated rings. The maximum absolute atomic E-state index is 13.7. The van der Waals surface area contributed by atoms with Crippen molar-refractivity contribution in [3.63, 3.8) is 0 Å². The van der Waals surface area contributed by atoms with Crippen LogP contribution in [0, 0.1) is 11.7 Å². The van der Waals surface area contributed by atoms with Crippen LogP contribution in [-0.2, 0) is 10.3 Å². The van der Waals surface area contributed by atoms with Crippen molar-refractivity contribution >= 4 is 5.91 Å². The minimum atomic E-state index is -0.433. The van der Waals surface area contributed by atoms with Crippen molar-refractivity contribution in [2.45, 2.75) is 18.4 Å². The summed E-state index contributed by atoms with van der Waals surface area (Å²) in [7, 11) is 0. The topological polar surface area (TPSA) is 41.1 Å². The monoisotopic (exact) mass is 234 g/mol. The zero-order valence-electron chi connectivity index (χ0n) is 9.50. The van der Waals surface area contributed by atoms with E-state index in [1.54, 1.807) is 12.1 Å². The molecule has 3 rings (SSSR count). The molecular formula is C13H15FN2O. The van der Waals surface area contributed by atoms with Crippen LogP contribution in [0.25, 0.3) is 0 Å². The quantitative estimate of drug-likeness (QED) is 0.823. The summed E-state index contributed by atoms with van der Waals surface area (Å²) in [5.41, 5.74) is 0.193. The molecule has 0 bridgehead atoms. The lowest BCUT2D eigenvalue weighted by molar-refractivity contribution is -0.127. The second-order valence-corrected chi connectivity index (χ2v) is 4.91. The number of hydrogen-bond acceptors (Lipinski definition) is 2. The van der Waals surface area contributed by atoms with Gasteiger partial charge in [0.2, 0.25) is 5.91 Å². The Morgan fingerprint density at radius 3 is 2.59 bits per heavy atom. The van der Waals surface area contributed by atoms with E-state index in [-0.39, 0.29) is 17.6 Å². The van der Waals surface area contributed by atoms with Crippen LogP contribution in [0.2, 0.25) is 0 Å². The van der Waals surface area contributed by atoms with Crippen LogP contribution in [0.5, 0.6) is 0 Å². The number of halogens is 1. The molecule has 1 aromatic rings. The lowest BCUT2D eigenvalue weighted by Crippen LogP contribution is -2.52. The summed E-state index contributed by atoms with van der Waals surface area (Å²) in [6.07, 6.45) is 1.67. The van der Waals surface area contributed by atoms with Gasteiger partial charge in [0, 0.05) is 18.7 Å². The Morgan fingerprint density at radius 2 is 2.06 bits per heavy atom. The molecule has 1 aromatic carbocycles. The predicted octanol–water partition coefficient (Wildman–Crippen LogP) is 1.15. The third-order valence-electron chi connectivity index (χ3n) is 3.65. The molecule has 1 amide bonds. The van der Waals surface area contributed by atoms with Crippen molar-refractivity contribution in [2.24, 2.45) is 5.92 Å². The van der Waals surface area contributed by atoms with Gasteiger partial charge in [-0.3, -0.25) is 4.79 Å². The Balaban J connectivity index is 1.77. The van der Waals surface area contributed by atoms with Gasteiger partial charge < -0.3 is 10.6 Å². The lowest BCUT2D eigenvalue weighted by Gasteiger charge is -2.28. The largest absolute Gasteiger partial charge is 0.346 e. The molecule has 90 valence electrons. The van der Waals surface area contributed by atoms with Gasteiger partial charge in [-0.25, -0.2) is 4.39 Å². The van der Waals surface area contributed by atoms with E-state index in [2.05, 4.69) is 10.6 Å². The van der Waals surface area contributed by atoms with Gasteiger partial charge in [0.25, 0.3) is 0 Å². The van der Waals surface area contributed by atoms with Gasteiger partial charge in [-0.1, -0.05) is 18.2 Å². The van der Waals surface area contributed by atoms with Gasteiger partial charge >= 0.3 is 0 Å². The molecule has 0 spiro atoms. The fourth-order valence-electron chi connectivity index (χ4n) is 2.25. The van der Waals surface area contributed by atoms with Crippen LogP contribution in [-0.4, -0.2) is 19.0 Å². The normalized spacial score (nSPS) is 21.7. The average molecular weight is 234 g/mol. The third-order valence-corrected chi connectivity index (χ3v) is 3.65. The summed E-state index contributed by atoms with van der Waals surface area (Å²) in [5.74, 6) is -0.124. The Morgan fingerprint density at radius 1 is 1.35 bits per heavy atom. The number of hydrogen-bond donors (Lipinski definition) is 2. The zero-order chi connectivity index (χ0) is 11.9. The van der Waals surface area contributed by atoms with E-state index in [1.165, 1.54) is 6.07 Å². The van der Waals surface area contributed by atoms with Crippen LogP contribution in [0.1, 0.15) is 18.4 Å². The zero-order valence-corrected chi connectivity index (χ0v) is 9.50. The molecule has 3 nitrogen and oxygen atoms in total. The highest BCUT2D eigenvalue weighted by atomic mass is 19.1. The highest BCUT2D eigenvalue weighted by Crippen LogP contribution is 2.46. The molecule has 17 heavy (non-hydrogen) atoms. The van der Waals surface area contributed by atoms with Gasteiger partial charge in [-0.15, -0.1) is 0 Å². The molecule has 1 saturated heterocycles. The fourth-order valence-corrected chi connectivity index (χ4v) is 2.25. The predicted molar refractivity (Wildman–Crippen MR) is 61.8 cm³/mol. The molecular weight excluding hydrogens is 219 g/mol. The van der Waals surface area contributed by atoms with Crippen LogP contribution >= 0.6 is 0 Å². The second kappa shape index (κ2) is 3.81. The van der Waals surface area contributed by atoms with E-state index in [0.29, 0.717) is 5.56 Å². The van der Waals surface area contributed by atoms with E-state index in [0.717, 1.165) is 25.9 Å². The first-order valence-corrected chi connectivity index (χ1v) is 5.99. The molecule has 1 saturated carbocycles. The molecule has 0 atom stereocenters. The van der Waals surface area contributed by atoms with Gasteiger partial charge in [0.1, 0.15) is 5.82 Å². The maximum atomic E-state index is 13.7. The van der Waals surface area contributed by atoms with Crippen LogP contribution in [0.15, 0.2) is 24.3 Å². The standard InChI is InChI=1S/C13H15FN2O/c14-11-4-2-1-3-10(11)13(5-6-13)16-12(17)9-7-15-8-9/h1-4,9,15H,5-8H2,(H,16,17). The first kappa shape index (κ1) is 10.7. The minimum Gasteiger partial charge on any atom is -0.346 e. The maximum Gasteiger partial charge on any atom is 0.226 e.